The van der Waals surface area contributed by atoms with E-state index in [0.29, 0.717) is 18.0 Å². The number of hydrogen-bond donors (Lipinski definition) is 1. The molecule has 196 valence electrons. The van der Waals surface area contributed by atoms with Crippen LogP contribution in [0.25, 0.3) is 11.5 Å². The van der Waals surface area contributed by atoms with Crippen molar-refractivity contribution in [2.24, 2.45) is 0 Å². The van der Waals surface area contributed by atoms with Crippen LogP contribution in [-0.4, -0.2) is 38.6 Å². The van der Waals surface area contributed by atoms with Crippen molar-refractivity contribution in [1.82, 2.24) is 19.2 Å². The summed E-state index contributed by atoms with van der Waals surface area (Å²) in [6.07, 6.45) is 4.12. The van der Waals surface area contributed by atoms with Crippen LogP contribution in [0.15, 0.2) is 102 Å². The minimum absolute atomic E-state index is 0.217. The number of methoxy groups -OCH3 is 1. The molecular formula is C31H29N5O2S. The molecule has 2 aromatic heterocycles. The Morgan fingerprint density at radius 2 is 1.72 bits per heavy atom. The van der Waals surface area contributed by atoms with Crippen LogP contribution in [0, 0.1) is 6.92 Å². The third-order valence-corrected chi connectivity index (χ3v) is 7.87. The number of para-hydroxylation sites is 3. The lowest BCUT2D eigenvalue weighted by Crippen LogP contribution is -2.38. The lowest BCUT2D eigenvalue weighted by Gasteiger charge is -2.31. The summed E-state index contributed by atoms with van der Waals surface area (Å²) in [6, 6.07) is 29.6. The Bertz CT molecular complexity index is 1620. The summed E-state index contributed by atoms with van der Waals surface area (Å²) >= 11 is 1.70. The molecule has 0 spiro atoms. The van der Waals surface area contributed by atoms with Crippen LogP contribution >= 0.6 is 11.8 Å². The van der Waals surface area contributed by atoms with Crippen LogP contribution in [0.1, 0.15) is 28.6 Å². The van der Waals surface area contributed by atoms with Crippen molar-refractivity contribution >= 4 is 23.5 Å². The molecule has 0 saturated carbocycles. The number of anilines is 1. The van der Waals surface area contributed by atoms with Crippen LogP contribution in [0.3, 0.4) is 0 Å². The molecule has 3 heterocycles. The molecule has 8 heteroatoms. The fraction of sp³-hybridized carbons (Fsp3) is 0.161. The third-order valence-electron chi connectivity index (χ3n) is 7.13. The molecule has 0 saturated heterocycles. The quantitative estimate of drug-likeness (QED) is 0.250. The summed E-state index contributed by atoms with van der Waals surface area (Å²) in [7, 11) is 1.60. The number of thioether (sulfide) groups is 1. The van der Waals surface area contributed by atoms with Gasteiger partial charge in [0.1, 0.15) is 11.6 Å². The van der Waals surface area contributed by atoms with E-state index >= 15 is 0 Å². The molecule has 2 amide bonds. The van der Waals surface area contributed by atoms with Crippen LogP contribution in [-0.2, 0) is 6.54 Å². The second kappa shape index (κ2) is 10.4. The van der Waals surface area contributed by atoms with E-state index in [1.54, 1.807) is 18.9 Å². The predicted octanol–water partition coefficient (Wildman–Crippen LogP) is 6.84. The number of fused-ring (bicyclic) bond motifs is 3. The van der Waals surface area contributed by atoms with Gasteiger partial charge in [-0.25, -0.2) is 9.48 Å². The minimum atomic E-state index is -0.332. The number of hydrogen-bond acceptors (Lipinski definition) is 4. The zero-order valence-electron chi connectivity index (χ0n) is 22.0. The van der Waals surface area contributed by atoms with Crippen molar-refractivity contribution in [3.63, 3.8) is 0 Å². The van der Waals surface area contributed by atoms with Gasteiger partial charge < -0.3 is 19.5 Å². The monoisotopic (exact) mass is 535 g/mol. The summed E-state index contributed by atoms with van der Waals surface area (Å²) in [5.41, 5.74) is 5.48. The molecule has 0 fully saturated rings. The first-order valence-electron chi connectivity index (χ1n) is 12.7. The maximum absolute atomic E-state index is 14.1. The van der Waals surface area contributed by atoms with Gasteiger partial charge in [-0.15, -0.1) is 11.8 Å². The van der Waals surface area contributed by atoms with Gasteiger partial charge in [-0.1, -0.05) is 42.5 Å². The number of benzene rings is 3. The summed E-state index contributed by atoms with van der Waals surface area (Å²) < 4.78 is 9.66. The van der Waals surface area contributed by atoms with Gasteiger partial charge in [0.05, 0.1) is 42.5 Å². The smallest absolute Gasteiger partial charge is 0.323 e. The highest BCUT2D eigenvalue weighted by Gasteiger charge is 2.36. The van der Waals surface area contributed by atoms with Crippen molar-refractivity contribution in [1.29, 1.82) is 0 Å². The van der Waals surface area contributed by atoms with E-state index in [0.717, 1.165) is 34.0 Å². The summed E-state index contributed by atoms with van der Waals surface area (Å²) in [5, 5.41) is 8.04. The standard InChI is InChI=1S/C31H29N5O2S/c1-21-25-20-35(31(37)32-26-12-7-8-14-28(26)38-2)29(22-15-17-24(39-3)18-16-22)27-13-9-19-34(27)30(25)36(33-21)23-10-5-4-6-11-23/h4-19,29H,20H2,1-3H3,(H,32,37)/t29-/m0/s1. The Morgan fingerprint density at radius 3 is 2.46 bits per heavy atom. The number of urea groups is 1. The lowest BCUT2D eigenvalue weighted by atomic mass is 10.0. The van der Waals surface area contributed by atoms with Crippen molar-refractivity contribution in [3.05, 3.63) is 120 Å². The normalized spacial score (nSPS) is 14.3. The predicted molar refractivity (Wildman–Crippen MR) is 155 cm³/mol. The molecule has 0 radical (unpaired) electrons. The molecule has 3 aromatic carbocycles. The summed E-state index contributed by atoms with van der Waals surface area (Å²) in [6.45, 7) is 2.39. The summed E-state index contributed by atoms with van der Waals surface area (Å²) in [4.78, 5) is 17.2. The Hall–Kier alpha value is -4.43. The van der Waals surface area contributed by atoms with Crippen LogP contribution in [0.5, 0.6) is 5.75 Å². The second-order valence-corrected chi connectivity index (χ2v) is 10.3. The number of nitrogens with one attached hydrogen (secondary N) is 1. The van der Waals surface area contributed by atoms with E-state index in [9.17, 15) is 4.79 Å². The molecule has 1 aliphatic heterocycles. The number of carbonyl (C=O) groups excluding carboxylic acids is 1. The third kappa shape index (κ3) is 4.46. The molecule has 39 heavy (non-hydrogen) atoms. The van der Waals surface area contributed by atoms with Gasteiger partial charge in [0.25, 0.3) is 0 Å². The first-order valence-corrected chi connectivity index (χ1v) is 14.0. The van der Waals surface area contributed by atoms with E-state index < -0.39 is 0 Å². The summed E-state index contributed by atoms with van der Waals surface area (Å²) in [5.74, 6) is 1.55. The second-order valence-electron chi connectivity index (χ2n) is 9.37. The Kier molecular flexibility index (Phi) is 6.62. The highest BCUT2D eigenvalue weighted by Crippen LogP contribution is 2.39. The van der Waals surface area contributed by atoms with Gasteiger partial charge in [0.15, 0.2) is 0 Å². The first kappa shape index (κ1) is 24.9. The first-order chi connectivity index (χ1) is 19.1. The molecule has 0 bridgehead atoms. The average molecular weight is 536 g/mol. The van der Waals surface area contributed by atoms with E-state index in [2.05, 4.69) is 52.7 Å². The maximum Gasteiger partial charge on any atom is 0.323 e. The number of carbonyl (C=O) groups is 1. The van der Waals surface area contributed by atoms with Gasteiger partial charge in [-0.05, 0) is 67.3 Å². The Labute approximate surface area is 232 Å². The van der Waals surface area contributed by atoms with E-state index in [1.165, 1.54) is 4.90 Å². The number of rotatable bonds is 5. The number of nitrogens with zero attached hydrogens (tertiary/aromatic N) is 4. The fourth-order valence-corrected chi connectivity index (χ4v) is 5.63. The molecule has 1 N–H and O–H groups in total. The van der Waals surface area contributed by atoms with Crippen molar-refractivity contribution in [2.45, 2.75) is 24.4 Å². The van der Waals surface area contributed by atoms with Gasteiger partial charge in [0.2, 0.25) is 0 Å². The van der Waals surface area contributed by atoms with Crippen molar-refractivity contribution < 1.29 is 9.53 Å². The molecule has 1 aliphatic rings. The largest absolute Gasteiger partial charge is 0.495 e. The van der Waals surface area contributed by atoms with E-state index in [1.807, 2.05) is 77.2 Å². The number of ether oxygens (including phenoxy) is 1. The van der Waals surface area contributed by atoms with E-state index in [4.69, 9.17) is 9.84 Å². The molecule has 0 unspecified atom stereocenters. The van der Waals surface area contributed by atoms with Gasteiger partial charge in [0, 0.05) is 16.7 Å². The van der Waals surface area contributed by atoms with Gasteiger partial charge in [-0.2, -0.15) is 5.10 Å². The Morgan fingerprint density at radius 1 is 0.974 bits per heavy atom. The molecular weight excluding hydrogens is 506 g/mol. The molecule has 6 rings (SSSR count). The lowest BCUT2D eigenvalue weighted by molar-refractivity contribution is 0.194. The van der Waals surface area contributed by atoms with Crippen LogP contribution in [0.4, 0.5) is 10.5 Å². The van der Waals surface area contributed by atoms with Crippen LogP contribution in [0.2, 0.25) is 0 Å². The SMILES string of the molecule is COc1ccccc1NC(=O)N1Cc2c(C)nn(-c3ccccc3)c2-n2cccc2[C@@H]1c1ccc(SC)cc1. The maximum atomic E-state index is 14.1. The zero-order valence-corrected chi connectivity index (χ0v) is 22.9. The molecule has 1 atom stereocenters. The number of amides is 2. The fourth-order valence-electron chi connectivity index (χ4n) is 5.22. The highest BCUT2D eigenvalue weighted by atomic mass is 32.2. The number of aromatic nitrogens is 3. The van der Waals surface area contributed by atoms with Gasteiger partial charge in [-0.3, -0.25) is 0 Å². The Balaban J connectivity index is 1.53. The highest BCUT2D eigenvalue weighted by molar-refractivity contribution is 7.98. The topological polar surface area (TPSA) is 64.3 Å². The van der Waals surface area contributed by atoms with Crippen molar-refractivity contribution in [2.75, 3.05) is 18.7 Å². The zero-order chi connectivity index (χ0) is 26.9. The minimum Gasteiger partial charge on any atom is -0.495 e. The molecule has 0 aliphatic carbocycles. The van der Waals surface area contributed by atoms with E-state index in [-0.39, 0.29) is 12.1 Å². The molecule has 5 aromatic rings. The average Bonchev–Trinajstić information content (AvgIpc) is 3.54. The number of aryl methyl sites for hydroxylation is 1. The van der Waals surface area contributed by atoms with Crippen LogP contribution < -0.4 is 10.1 Å². The van der Waals surface area contributed by atoms with Gasteiger partial charge >= 0.3 is 6.03 Å². The molecule has 7 nitrogen and oxygen atoms in total. The van der Waals surface area contributed by atoms with Crippen molar-refractivity contribution in [3.8, 4) is 17.3 Å².